The minimum atomic E-state index is -0.851. The summed E-state index contributed by atoms with van der Waals surface area (Å²) in [5.41, 5.74) is 1.32. The molecule has 2 N–H and O–H groups in total. The molecule has 19 heavy (non-hydrogen) atoms. The molecule has 2 aliphatic rings. The van der Waals surface area contributed by atoms with Crippen LogP contribution in [0.1, 0.15) is 30.7 Å². The third-order valence-corrected chi connectivity index (χ3v) is 4.20. The van der Waals surface area contributed by atoms with Crippen molar-refractivity contribution in [1.29, 1.82) is 0 Å². The summed E-state index contributed by atoms with van der Waals surface area (Å²) in [4.78, 5) is 22.5. The zero-order chi connectivity index (χ0) is 13.4. The van der Waals surface area contributed by atoms with Crippen LogP contribution in [0.25, 0.3) is 0 Å². The van der Waals surface area contributed by atoms with E-state index in [1.165, 1.54) is 5.56 Å². The van der Waals surface area contributed by atoms with Gasteiger partial charge in [0.1, 0.15) is 0 Å². The molecule has 1 aromatic carbocycles. The van der Waals surface area contributed by atoms with Gasteiger partial charge in [-0.2, -0.15) is 0 Å². The van der Waals surface area contributed by atoms with E-state index in [2.05, 4.69) is 17.4 Å². The van der Waals surface area contributed by atoms with Crippen molar-refractivity contribution < 1.29 is 14.7 Å². The zero-order valence-corrected chi connectivity index (χ0v) is 10.6. The van der Waals surface area contributed by atoms with Crippen LogP contribution in [0, 0.1) is 11.8 Å². The van der Waals surface area contributed by atoms with Gasteiger partial charge in [-0.05, 0) is 30.7 Å². The lowest BCUT2D eigenvalue weighted by Crippen LogP contribution is -2.44. The Bertz CT molecular complexity index is 493. The Labute approximate surface area is 111 Å². The van der Waals surface area contributed by atoms with E-state index in [1.807, 2.05) is 18.2 Å². The second-order valence-corrected chi connectivity index (χ2v) is 5.57. The van der Waals surface area contributed by atoms with E-state index in [0.717, 1.165) is 12.8 Å². The van der Waals surface area contributed by atoms with Crippen molar-refractivity contribution in [1.82, 2.24) is 5.32 Å². The van der Waals surface area contributed by atoms with E-state index >= 15 is 0 Å². The van der Waals surface area contributed by atoms with Gasteiger partial charge in [0.25, 0.3) is 0 Å². The van der Waals surface area contributed by atoms with Gasteiger partial charge in [-0.3, -0.25) is 9.59 Å². The minimum Gasteiger partial charge on any atom is -0.481 e. The lowest BCUT2D eigenvalue weighted by molar-refractivity contribution is -0.140. The summed E-state index contributed by atoms with van der Waals surface area (Å²) in [6.45, 7) is 0. The average molecular weight is 259 g/mol. The van der Waals surface area contributed by atoms with Crippen LogP contribution < -0.4 is 5.32 Å². The molecule has 0 unspecified atom stereocenters. The monoisotopic (exact) mass is 259 g/mol. The molecule has 3 rings (SSSR count). The van der Waals surface area contributed by atoms with Crippen molar-refractivity contribution in [2.75, 3.05) is 0 Å². The maximum Gasteiger partial charge on any atom is 0.307 e. The van der Waals surface area contributed by atoms with Gasteiger partial charge in [0.15, 0.2) is 0 Å². The number of hydrogen-bond acceptors (Lipinski definition) is 2. The van der Waals surface area contributed by atoms with Crippen LogP contribution in [-0.4, -0.2) is 23.0 Å². The predicted molar refractivity (Wildman–Crippen MR) is 69.6 cm³/mol. The molecule has 4 heteroatoms. The summed E-state index contributed by atoms with van der Waals surface area (Å²) < 4.78 is 0. The first-order valence-electron chi connectivity index (χ1n) is 6.73. The molecule has 2 saturated carbocycles. The fraction of sp³-hybridized carbons (Fsp3) is 0.467. The number of carbonyl (C=O) groups is 2. The maximum absolute atomic E-state index is 11.8. The van der Waals surface area contributed by atoms with Crippen molar-refractivity contribution >= 4 is 11.9 Å². The van der Waals surface area contributed by atoms with Crippen LogP contribution in [0.4, 0.5) is 0 Å². The van der Waals surface area contributed by atoms with E-state index in [9.17, 15) is 9.59 Å². The number of benzene rings is 1. The Morgan fingerprint density at radius 1 is 1.05 bits per heavy atom. The summed E-state index contributed by atoms with van der Waals surface area (Å²) in [6.07, 6.45) is 2.41. The number of carbonyl (C=O) groups excluding carboxylic acids is 1. The van der Waals surface area contributed by atoms with Gasteiger partial charge in [0.05, 0.1) is 11.8 Å². The van der Waals surface area contributed by atoms with Gasteiger partial charge in [-0.1, -0.05) is 30.3 Å². The van der Waals surface area contributed by atoms with Crippen LogP contribution in [0.5, 0.6) is 0 Å². The molecule has 2 aliphatic carbocycles. The second kappa shape index (κ2) is 4.68. The van der Waals surface area contributed by atoms with Crippen LogP contribution in [0.15, 0.2) is 30.3 Å². The molecular formula is C15H17NO3. The Hall–Kier alpha value is -1.84. The fourth-order valence-corrected chi connectivity index (χ4v) is 2.80. The molecule has 1 aromatic rings. The first kappa shape index (κ1) is 12.2. The molecule has 0 aliphatic heterocycles. The highest BCUT2D eigenvalue weighted by Gasteiger charge is 2.49. The van der Waals surface area contributed by atoms with Crippen molar-refractivity contribution in [2.45, 2.75) is 31.2 Å². The summed E-state index contributed by atoms with van der Waals surface area (Å²) in [5.74, 6) is -1.15. The highest BCUT2D eigenvalue weighted by molar-refractivity contribution is 5.89. The van der Waals surface area contributed by atoms with Crippen molar-refractivity contribution in [2.24, 2.45) is 11.8 Å². The number of rotatable bonds is 4. The number of carboxylic acids is 1. The average Bonchev–Trinajstić information content (AvgIpc) is 3.14. The Morgan fingerprint density at radius 3 is 2.32 bits per heavy atom. The van der Waals surface area contributed by atoms with Crippen LogP contribution in [-0.2, 0) is 9.59 Å². The molecule has 0 aromatic heterocycles. The normalized spacial score (nSPS) is 32.2. The standard InChI is InChI=1S/C15H17NO3/c17-14(12-8-13(12)15(18)19)16-11-6-10(7-11)9-4-2-1-3-5-9/h1-5,10-13H,6-8H2,(H,16,17)(H,18,19)/t10?,11?,12-,13+/m1/s1. The van der Waals surface area contributed by atoms with Gasteiger partial charge < -0.3 is 10.4 Å². The number of carboxylic acid groups (broad SMARTS) is 1. The highest BCUT2D eigenvalue weighted by Crippen LogP contribution is 2.41. The third kappa shape index (κ3) is 2.48. The van der Waals surface area contributed by atoms with Crippen LogP contribution in [0.3, 0.4) is 0 Å². The molecular weight excluding hydrogens is 242 g/mol. The zero-order valence-electron chi connectivity index (χ0n) is 10.6. The van der Waals surface area contributed by atoms with Gasteiger partial charge in [-0.15, -0.1) is 0 Å². The highest BCUT2D eigenvalue weighted by atomic mass is 16.4. The SMILES string of the molecule is O=C(O)[C@H]1C[C@H]1C(=O)NC1CC(c2ccccc2)C1. The van der Waals surface area contributed by atoms with Gasteiger partial charge in [0, 0.05) is 6.04 Å². The quantitative estimate of drug-likeness (QED) is 0.866. The van der Waals surface area contributed by atoms with Crippen molar-refractivity contribution in [3.63, 3.8) is 0 Å². The molecule has 0 saturated heterocycles. The van der Waals surface area contributed by atoms with Crippen LogP contribution >= 0.6 is 0 Å². The molecule has 2 atom stereocenters. The van der Waals surface area contributed by atoms with E-state index < -0.39 is 11.9 Å². The van der Waals surface area contributed by atoms with Gasteiger partial charge in [0.2, 0.25) is 5.91 Å². The molecule has 0 spiro atoms. The Kier molecular flexibility index (Phi) is 3.01. The molecule has 0 heterocycles. The van der Waals surface area contributed by atoms with E-state index in [0.29, 0.717) is 12.3 Å². The van der Waals surface area contributed by atoms with E-state index in [4.69, 9.17) is 5.11 Å². The Balaban J connectivity index is 1.45. The third-order valence-electron chi connectivity index (χ3n) is 4.20. The molecule has 0 radical (unpaired) electrons. The first-order chi connectivity index (χ1) is 9.15. The number of nitrogens with one attached hydrogen (secondary N) is 1. The molecule has 1 amide bonds. The van der Waals surface area contributed by atoms with Crippen molar-refractivity contribution in [3.8, 4) is 0 Å². The molecule has 100 valence electrons. The lowest BCUT2D eigenvalue weighted by Gasteiger charge is -2.36. The maximum atomic E-state index is 11.8. The summed E-state index contributed by atoms with van der Waals surface area (Å²) in [6, 6.07) is 10.5. The van der Waals surface area contributed by atoms with E-state index in [-0.39, 0.29) is 17.9 Å². The summed E-state index contributed by atoms with van der Waals surface area (Å²) in [7, 11) is 0. The summed E-state index contributed by atoms with van der Waals surface area (Å²) >= 11 is 0. The topological polar surface area (TPSA) is 66.4 Å². The smallest absolute Gasteiger partial charge is 0.307 e. The predicted octanol–water partition coefficient (Wildman–Crippen LogP) is 1.77. The lowest BCUT2D eigenvalue weighted by atomic mass is 9.76. The fourth-order valence-electron chi connectivity index (χ4n) is 2.80. The van der Waals surface area contributed by atoms with Gasteiger partial charge in [-0.25, -0.2) is 0 Å². The molecule has 4 nitrogen and oxygen atoms in total. The van der Waals surface area contributed by atoms with Crippen molar-refractivity contribution in [3.05, 3.63) is 35.9 Å². The molecule has 0 bridgehead atoms. The number of amides is 1. The largest absolute Gasteiger partial charge is 0.481 e. The first-order valence-corrected chi connectivity index (χ1v) is 6.73. The number of aliphatic carboxylic acids is 1. The number of hydrogen-bond donors (Lipinski definition) is 2. The second-order valence-electron chi connectivity index (χ2n) is 5.57. The van der Waals surface area contributed by atoms with E-state index in [1.54, 1.807) is 0 Å². The minimum absolute atomic E-state index is 0.0797. The van der Waals surface area contributed by atoms with Crippen LogP contribution in [0.2, 0.25) is 0 Å². The molecule has 2 fully saturated rings. The van der Waals surface area contributed by atoms with Gasteiger partial charge >= 0.3 is 5.97 Å². The Morgan fingerprint density at radius 2 is 1.74 bits per heavy atom. The summed E-state index contributed by atoms with van der Waals surface area (Å²) in [5, 5.41) is 11.7.